The van der Waals surface area contributed by atoms with Gasteiger partial charge in [-0.3, -0.25) is 19.5 Å². The number of aliphatic imine (C=N–C) groups is 1. The van der Waals surface area contributed by atoms with Crippen molar-refractivity contribution >= 4 is 33.5 Å². The number of thioether (sulfide) groups is 1. The largest absolute Gasteiger partial charge is 0.390 e. The minimum Gasteiger partial charge on any atom is -0.390 e. The van der Waals surface area contributed by atoms with Crippen LogP contribution in [0.2, 0.25) is 0 Å². The maximum atomic E-state index is 14.5. The number of aromatic nitrogens is 2. The van der Waals surface area contributed by atoms with Crippen molar-refractivity contribution < 1.29 is 23.5 Å². The van der Waals surface area contributed by atoms with Crippen molar-refractivity contribution in [2.75, 3.05) is 19.6 Å². The van der Waals surface area contributed by atoms with Crippen molar-refractivity contribution in [1.29, 1.82) is 0 Å². The SMILES string of the molecule is CC1(O)CCC(N2CC(CC(=O)NC(C)(C)c3ncccn3)(NC(=O)C3=NCC=C(c4ccc(F)cc4F)S3)C2)CC1. The average molecular weight is 599 g/mol. The maximum absolute atomic E-state index is 14.5. The average Bonchev–Trinajstić information content (AvgIpc) is 2.92. The summed E-state index contributed by atoms with van der Waals surface area (Å²) in [5.41, 5.74) is -2.14. The molecule has 12 heteroatoms. The minimum atomic E-state index is -0.847. The number of carbonyl (C=O) groups excluding carboxylic acids is 2. The molecule has 1 aromatic heterocycles. The van der Waals surface area contributed by atoms with Gasteiger partial charge in [0.2, 0.25) is 5.91 Å². The quantitative estimate of drug-likeness (QED) is 0.425. The van der Waals surface area contributed by atoms with Crippen LogP contribution in [0, 0.1) is 11.6 Å². The molecule has 1 saturated heterocycles. The number of halogens is 2. The van der Waals surface area contributed by atoms with Crippen LogP contribution in [0.4, 0.5) is 8.78 Å². The Balaban J connectivity index is 1.29. The Bertz CT molecular complexity index is 1400. The van der Waals surface area contributed by atoms with Crippen LogP contribution >= 0.6 is 11.8 Å². The number of rotatable bonds is 8. The van der Waals surface area contributed by atoms with Gasteiger partial charge in [-0.1, -0.05) is 11.8 Å². The summed E-state index contributed by atoms with van der Waals surface area (Å²) in [6, 6.07) is 5.29. The molecule has 3 aliphatic rings. The fourth-order valence-corrected chi connectivity index (χ4v) is 6.77. The summed E-state index contributed by atoms with van der Waals surface area (Å²) in [6.07, 6.45) is 8.02. The van der Waals surface area contributed by atoms with Gasteiger partial charge in [-0.25, -0.2) is 18.7 Å². The molecule has 2 amide bonds. The number of hydrogen-bond acceptors (Lipinski definition) is 8. The van der Waals surface area contributed by atoms with Gasteiger partial charge in [0.25, 0.3) is 5.91 Å². The molecule has 224 valence electrons. The fourth-order valence-electron chi connectivity index (χ4n) is 5.85. The molecular formula is C30H36F2N6O3S. The zero-order chi connectivity index (χ0) is 30.1. The topological polar surface area (TPSA) is 120 Å². The molecular weight excluding hydrogens is 562 g/mol. The van der Waals surface area contributed by atoms with E-state index in [0.717, 1.165) is 30.7 Å². The Hall–Kier alpha value is -3.22. The predicted octanol–water partition coefficient (Wildman–Crippen LogP) is 3.55. The van der Waals surface area contributed by atoms with Crippen LogP contribution in [0.15, 0.2) is 47.7 Å². The van der Waals surface area contributed by atoms with E-state index in [1.54, 1.807) is 24.5 Å². The summed E-state index contributed by atoms with van der Waals surface area (Å²) in [6.45, 7) is 6.61. The molecule has 1 aromatic carbocycles. The second-order valence-electron chi connectivity index (χ2n) is 12.2. The highest BCUT2D eigenvalue weighted by atomic mass is 32.2. The monoisotopic (exact) mass is 598 g/mol. The molecule has 0 bridgehead atoms. The molecule has 0 atom stereocenters. The number of amides is 2. The molecule has 2 aliphatic heterocycles. The first-order valence-corrected chi connectivity index (χ1v) is 14.9. The van der Waals surface area contributed by atoms with Crippen molar-refractivity contribution in [2.24, 2.45) is 4.99 Å². The van der Waals surface area contributed by atoms with Crippen molar-refractivity contribution in [2.45, 2.75) is 75.6 Å². The Kier molecular flexibility index (Phi) is 8.51. The third-order valence-corrected chi connectivity index (χ3v) is 9.24. The summed E-state index contributed by atoms with van der Waals surface area (Å²) in [5, 5.41) is 16.6. The lowest BCUT2D eigenvalue weighted by Crippen LogP contribution is -2.74. The summed E-state index contributed by atoms with van der Waals surface area (Å²) in [5.74, 6) is -1.62. The van der Waals surface area contributed by atoms with Crippen molar-refractivity contribution in [1.82, 2.24) is 25.5 Å². The third-order valence-electron chi connectivity index (χ3n) is 8.12. The lowest BCUT2D eigenvalue weighted by Gasteiger charge is -2.55. The maximum Gasteiger partial charge on any atom is 0.276 e. The number of aliphatic hydroxyl groups is 1. The zero-order valence-corrected chi connectivity index (χ0v) is 24.8. The van der Waals surface area contributed by atoms with Crippen molar-refractivity contribution in [3.05, 3.63) is 65.8 Å². The first kappa shape index (κ1) is 30.2. The number of carbonyl (C=O) groups is 2. The summed E-state index contributed by atoms with van der Waals surface area (Å²) in [4.78, 5) is 42.5. The van der Waals surface area contributed by atoms with E-state index in [1.807, 2.05) is 20.8 Å². The molecule has 0 radical (unpaired) electrons. The van der Waals surface area contributed by atoms with Gasteiger partial charge in [0, 0.05) is 48.1 Å². The minimum absolute atomic E-state index is 0.0309. The Labute approximate surface area is 248 Å². The highest BCUT2D eigenvalue weighted by Crippen LogP contribution is 2.37. The molecule has 2 fully saturated rings. The third kappa shape index (κ3) is 6.87. The fraction of sp³-hybridized carbons (Fsp3) is 0.500. The zero-order valence-electron chi connectivity index (χ0n) is 24.0. The normalized spacial score (nSPS) is 24.2. The highest BCUT2D eigenvalue weighted by molar-refractivity contribution is 8.23. The van der Waals surface area contributed by atoms with E-state index in [0.29, 0.717) is 36.7 Å². The number of nitrogens with zero attached hydrogens (tertiary/aromatic N) is 4. The van der Waals surface area contributed by atoms with E-state index in [9.17, 15) is 23.5 Å². The molecule has 0 spiro atoms. The van der Waals surface area contributed by atoms with Crippen LogP contribution < -0.4 is 10.6 Å². The van der Waals surface area contributed by atoms with Gasteiger partial charge >= 0.3 is 0 Å². The van der Waals surface area contributed by atoms with Gasteiger partial charge in [-0.15, -0.1) is 0 Å². The first-order valence-electron chi connectivity index (χ1n) is 14.1. The van der Waals surface area contributed by atoms with Gasteiger partial charge in [0.15, 0.2) is 10.9 Å². The lowest BCUT2D eigenvalue weighted by molar-refractivity contribution is -0.130. The molecule has 9 nitrogen and oxygen atoms in total. The van der Waals surface area contributed by atoms with E-state index >= 15 is 0 Å². The Morgan fingerprint density at radius 3 is 2.52 bits per heavy atom. The van der Waals surface area contributed by atoms with E-state index in [4.69, 9.17) is 0 Å². The van der Waals surface area contributed by atoms with Crippen LogP contribution in [0.1, 0.15) is 64.3 Å². The summed E-state index contributed by atoms with van der Waals surface area (Å²) >= 11 is 1.02. The molecule has 1 saturated carbocycles. The number of benzene rings is 1. The van der Waals surface area contributed by atoms with Crippen LogP contribution in [0.25, 0.3) is 4.91 Å². The highest BCUT2D eigenvalue weighted by Gasteiger charge is 2.49. The van der Waals surface area contributed by atoms with Gasteiger partial charge < -0.3 is 15.7 Å². The Morgan fingerprint density at radius 2 is 1.86 bits per heavy atom. The molecule has 3 N–H and O–H groups in total. The van der Waals surface area contributed by atoms with Gasteiger partial charge in [-0.2, -0.15) is 0 Å². The van der Waals surface area contributed by atoms with Crippen LogP contribution in [0.3, 0.4) is 0 Å². The van der Waals surface area contributed by atoms with Crippen molar-refractivity contribution in [3.8, 4) is 0 Å². The van der Waals surface area contributed by atoms with E-state index in [1.165, 1.54) is 12.1 Å². The summed E-state index contributed by atoms with van der Waals surface area (Å²) < 4.78 is 27.9. The van der Waals surface area contributed by atoms with Gasteiger partial charge in [0.05, 0.1) is 29.6 Å². The van der Waals surface area contributed by atoms with E-state index in [2.05, 4.69) is 30.5 Å². The van der Waals surface area contributed by atoms with Crippen LogP contribution in [0.5, 0.6) is 0 Å². The smallest absolute Gasteiger partial charge is 0.276 e. The van der Waals surface area contributed by atoms with Crippen molar-refractivity contribution in [3.63, 3.8) is 0 Å². The van der Waals surface area contributed by atoms with E-state index in [-0.39, 0.29) is 35.5 Å². The summed E-state index contributed by atoms with van der Waals surface area (Å²) in [7, 11) is 0. The second-order valence-corrected chi connectivity index (χ2v) is 13.3. The Morgan fingerprint density at radius 1 is 1.17 bits per heavy atom. The van der Waals surface area contributed by atoms with E-state index < -0.39 is 34.2 Å². The van der Waals surface area contributed by atoms with Gasteiger partial charge in [0.1, 0.15) is 11.6 Å². The van der Waals surface area contributed by atoms with Gasteiger partial charge in [-0.05, 0) is 70.7 Å². The number of hydrogen-bond donors (Lipinski definition) is 3. The standard InChI is InChI=1S/C30H36F2N6O3S/c1-28(2,27-34-12-4-13-35-27)36-24(39)16-30(17-38(18-30)20-7-10-29(3,41)11-8-20)37-25(40)26-33-14-9-23(42-26)21-6-5-19(31)15-22(21)32/h4-6,9,12-13,15,20,41H,7-8,10-11,14,16-18H2,1-3H3,(H,36,39)(H,37,40). The molecule has 3 heterocycles. The second kappa shape index (κ2) is 11.8. The first-order chi connectivity index (χ1) is 19.8. The number of likely N-dealkylation sites (tertiary alicyclic amines) is 1. The number of nitrogens with one attached hydrogen (secondary N) is 2. The molecule has 5 rings (SSSR count). The molecule has 1 aliphatic carbocycles. The molecule has 0 unspecified atom stereocenters. The molecule has 42 heavy (non-hydrogen) atoms. The molecule has 2 aromatic rings. The van der Waals surface area contributed by atoms with Crippen LogP contribution in [-0.4, -0.2) is 73.6 Å². The van der Waals surface area contributed by atoms with Crippen LogP contribution in [-0.2, 0) is 15.1 Å². The lowest BCUT2D eigenvalue weighted by atomic mass is 9.78. The predicted molar refractivity (Wildman–Crippen MR) is 157 cm³/mol.